The van der Waals surface area contributed by atoms with Gasteiger partial charge in [-0.3, -0.25) is 9.52 Å². The first-order valence-electron chi connectivity index (χ1n) is 7.12. The van der Waals surface area contributed by atoms with Crippen LogP contribution in [0.15, 0.2) is 60.0 Å². The van der Waals surface area contributed by atoms with Crippen molar-refractivity contribution in [3.63, 3.8) is 0 Å². The minimum absolute atomic E-state index is 0.0383. The number of hydrogen-bond acceptors (Lipinski definition) is 3. The van der Waals surface area contributed by atoms with Crippen LogP contribution in [0.2, 0.25) is 5.02 Å². The summed E-state index contributed by atoms with van der Waals surface area (Å²) in [6.45, 7) is 5.58. The zero-order valence-corrected chi connectivity index (χ0v) is 14.6. The first-order valence-corrected chi connectivity index (χ1v) is 8.98. The first-order chi connectivity index (χ1) is 11.3. The third-order valence-electron chi connectivity index (χ3n) is 3.28. The number of carbonyl (C=O) groups excluding carboxylic acids is 1. The second-order valence-corrected chi connectivity index (χ2v) is 7.12. The second-order valence-electron chi connectivity index (χ2n) is 5.06. The van der Waals surface area contributed by atoms with Gasteiger partial charge in [-0.15, -0.1) is 6.58 Å². The van der Waals surface area contributed by atoms with Crippen molar-refractivity contribution in [3.05, 3.63) is 71.3 Å². The van der Waals surface area contributed by atoms with Gasteiger partial charge in [0.25, 0.3) is 15.9 Å². The van der Waals surface area contributed by atoms with Gasteiger partial charge >= 0.3 is 0 Å². The molecule has 0 spiro atoms. The molecule has 0 saturated carbocycles. The number of nitrogens with one attached hydrogen (secondary N) is 2. The van der Waals surface area contributed by atoms with Gasteiger partial charge in [0.2, 0.25) is 0 Å². The van der Waals surface area contributed by atoms with E-state index in [2.05, 4.69) is 16.6 Å². The average molecular weight is 365 g/mol. The summed E-state index contributed by atoms with van der Waals surface area (Å²) in [4.78, 5) is 11.8. The zero-order valence-electron chi connectivity index (χ0n) is 13.0. The van der Waals surface area contributed by atoms with E-state index in [-0.39, 0.29) is 22.0 Å². The molecule has 7 heteroatoms. The molecule has 5 nitrogen and oxygen atoms in total. The van der Waals surface area contributed by atoms with Crippen LogP contribution >= 0.6 is 11.6 Å². The Morgan fingerprint density at radius 1 is 1.25 bits per heavy atom. The zero-order chi connectivity index (χ0) is 17.7. The molecule has 0 saturated heterocycles. The van der Waals surface area contributed by atoms with Crippen LogP contribution in [0.3, 0.4) is 0 Å². The monoisotopic (exact) mass is 364 g/mol. The molecular formula is C17H17ClN2O3S. The predicted molar refractivity (Wildman–Crippen MR) is 96.0 cm³/mol. The van der Waals surface area contributed by atoms with E-state index in [1.54, 1.807) is 25.1 Å². The lowest BCUT2D eigenvalue weighted by Crippen LogP contribution is -2.23. The Morgan fingerprint density at radius 3 is 2.62 bits per heavy atom. The number of sulfonamides is 1. The number of hydrogen-bond donors (Lipinski definition) is 2. The summed E-state index contributed by atoms with van der Waals surface area (Å²) in [7, 11) is -3.93. The maximum absolute atomic E-state index is 12.6. The molecule has 0 aliphatic heterocycles. The molecule has 2 rings (SSSR count). The largest absolute Gasteiger partial charge is 0.349 e. The summed E-state index contributed by atoms with van der Waals surface area (Å²) in [6, 6.07) is 11.1. The number of rotatable bonds is 6. The van der Waals surface area contributed by atoms with Crippen LogP contribution in [-0.2, 0) is 10.0 Å². The molecule has 0 atom stereocenters. The van der Waals surface area contributed by atoms with E-state index in [1.807, 2.05) is 6.07 Å². The number of anilines is 1. The molecule has 2 aromatic rings. The molecule has 0 heterocycles. The van der Waals surface area contributed by atoms with E-state index < -0.39 is 15.9 Å². The summed E-state index contributed by atoms with van der Waals surface area (Å²) in [5.74, 6) is -0.404. The average Bonchev–Trinajstić information content (AvgIpc) is 2.55. The molecule has 0 aromatic heterocycles. The summed E-state index contributed by atoms with van der Waals surface area (Å²) in [5, 5.41) is 2.63. The molecule has 2 N–H and O–H groups in total. The summed E-state index contributed by atoms with van der Waals surface area (Å²) < 4.78 is 27.7. The Labute approximate surface area is 146 Å². The third kappa shape index (κ3) is 4.15. The van der Waals surface area contributed by atoms with Crippen LogP contribution in [0.1, 0.15) is 15.9 Å². The van der Waals surface area contributed by atoms with Gasteiger partial charge in [-0.05, 0) is 36.8 Å². The number of benzene rings is 2. The van der Waals surface area contributed by atoms with Crippen LogP contribution in [0.5, 0.6) is 0 Å². The molecular weight excluding hydrogens is 348 g/mol. The Bertz CT molecular complexity index is 879. The number of amides is 1. The van der Waals surface area contributed by atoms with E-state index in [4.69, 9.17) is 11.6 Å². The molecule has 1 amide bonds. The van der Waals surface area contributed by atoms with Gasteiger partial charge in [-0.1, -0.05) is 35.9 Å². The van der Waals surface area contributed by atoms with Crippen molar-refractivity contribution in [2.24, 2.45) is 0 Å². The van der Waals surface area contributed by atoms with Gasteiger partial charge in [-0.2, -0.15) is 0 Å². The van der Waals surface area contributed by atoms with Crippen molar-refractivity contribution >= 4 is 33.2 Å². The lowest BCUT2D eigenvalue weighted by Gasteiger charge is -2.12. The van der Waals surface area contributed by atoms with Crippen molar-refractivity contribution in [1.82, 2.24) is 5.32 Å². The molecule has 0 aliphatic rings. The standard InChI is InChI=1S/C17H17ClN2O3S/c1-3-10-19-17(21)13-8-9-14(18)16(11-13)24(22,23)20-15-7-5-4-6-12(15)2/h3-9,11,20H,1,10H2,2H3,(H,19,21). The quantitative estimate of drug-likeness (QED) is 0.772. The minimum atomic E-state index is -3.93. The first kappa shape index (κ1) is 18.0. The van der Waals surface area contributed by atoms with E-state index in [0.717, 1.165) is 5.56 Å². The number of carbonyl (C=O) groups is 1. The Balaban J connectivity index is 2.37. The second kappa shape index (κ2) is 7.51. The van der Waals surface area contributed by atoms with Crippen molar-refractivity contribution in [3.8, 4) is 0 Å². The molecule has 0 fully saturated rings. The topological polar surface area (TPSA) is 75.3 Å². The van der Waals surface area contributed by atoms with Gasteiger partial charge in [-0.25, -0.2) is 8.42 Å². The number of halogens is 1. The molecule has 0 unspecified atom stereocenters. The predicted octanol–water partition coefficient (Wildman–Crippen LogP) is 3.37. The highest BCUT2D eigenvalue weighted by Crippen LogP contribution is 2.26. The van der Waals surface area contributed by atoms with Crippen LogP contribution in [0.4, 0.5) is 5.69 Å². The van der Waals surface area contributed by atoms with E-state index in [1.165, 1.54) is 24.3 Å². The number of para-hydroxylation sites is 1. The van der Waals surface area contributed by atoms with Gasteiger partial charge in [0.05, 0.1) is 10.7 Å². The lowest BCUT2D eigenvalue weighted by atomic mass is 10.2. The van der Waals surface area contributed by atoms with E-state index in [9.17, 15) is 13.2 Å². The van der Waals surface area contributed by atoms with Crippen LogP contribution in [-0.4, -0.2) is 20.9 Å². The molecule has 0 bridgehead atoms. The Morgan fingerprint density at radius 2 is 1.96 bits per heavy atom. The van der Waals surface area contributed by atoms with Crippen LogP contribution in [0.25, 0.3) is 0 Å². The molecule has 0 radical (unpaired) electrons. The third-order valence-corrected chi connectivity index (χ3v) is 5.13. The lowest BCUT2D eigenvalue weighted by molar-refractivity contribution is 0.0958. The maximum atomic E-state index is 12.6. The Hall–Kier alpha value is -2.31. The summed E-state index contributed by atoms with van der Waals surface area (Å²) >= 11 is 6.03. The highest BCUT2D eigenvalue weighted by Gasteiger charge is 2.20. The van der Waals surface area contributed by atoms with E-state index >= 15 is 0 Å². The maximum Gasteiger partial charge on any atom is 0.263 e. The fourth-order valence-electron chi connectivity index (χ4n) is 2.00. The van der Waals surface area contributed by atoms with Crippen LogP contribution < -0.4 is 10.0 Å². The highest BCUT2D eigenvalue weighted by atomic mass is 35.5. The molecule has 0 aliphatic carbocycles. The van der Waals surface area contributed by atoms with Crippen molar-refractivity contribution in [2.45, 2.75) is 11.8 Å². The molecule has 126 valence electrons. The van der Waals surface area contributed by atoms with Crippen molar-refractivity contribution in [2.75, 3.05) is 11.3 Å². The summed E-state index contributed by atoms with van der Waals surface area (Å²) in [6.07, 6.45) is 1.53. The van der Waals surface area contributed by atoms with Crippen molar-refractivity contribution < 1.29 is 13.2 Å². The normalized spacial score (nSPS) is 10.9. The van der Waals surface area contributed by atoms with Crippen LogP contribution in [0, 0.1) is 6.92 Å². The smallest absolute Gasteiger partial charge is 0.263 e. The highest BCUT2D eigenvalue weighted by molar-refractivity contribution is 7.92. The van der Waals surface area contributed by atoms with E-state index in [0.29, 0.717) is 5.69 Å². The summed E-state index contributed by atoms with van der Waals surface area (Å²) in [5.41, 5.74) is 1.43. The van der Waals surface area contributed by atoms with Gasteiger partial charge in [0, 0.05) is 12.1 Å². The van der Waals surface area contributed by atoms with Gasteiger partial charge in [0.15, 0.2) is 0 Å². The van der Waals surface area contributed by atoms with Gasteiger partial charge < -0.3 is 5.32 Å². The van der Waals surface area contributed by atoms with Crippen molar-refractivity contribution in [1.29, 1.82) is 0 Å². The molecule has 2 aromatic carbocycles. The minimum Gasteiger partial charge on any atom is -0.349 e. The number of aryl methyl sites for hydroxylation is 1. The fourth-order valence-corrected chi connectivity index (χ4v) is 3.66. The van der Waals surface area contributed by atoms with Gasteiger partial charge in [0.1, 0.15) is 4.90 Å². The SMILES string of the molecule is C=CCNC(=O)c1ccc(Cl)c(S(=O)(=O)Nc2ccccc2C)c1. The molecule has 24 heavy (non-hydrogen) atoms. The Kier molecular flexibility index (Phi) is 5.64. The fraction of sp³-hybridized carbons (Fsp3) is 0.118.